The quantitative estimate of drug-likeness (QED) is 0.372. The Hall–Kier alpha value is -0.700. The van der Waals surface area contributed by atoms with E-state index >= 15 is 0 Å². The summed E-state index contributed by atoms with van der Waals surface area (Å²) >= 11 is 0. The number of rotatable bonds is 2. The average molecular weight is 314 g/mol. The van der Waals surface area contributed by atoms with Crippen LogP contribution < -0.4 is 70.1 Å². The van der Waals surface area contributed by atoms with E-state index in [1.54, 1.807) is 11.0 Å². The SMILES string of the molecule is O=C1c2cc(N[O-])ccc2C(=O)c2c(N[O-])cccc21.[Na+].[Na+]. The average Bonchev–Trinajstić information content (AvgIpc) is 2.51. The van der Waals surface area contributed by atoms with Gasteiger partial charge in [0.25, 0.3) is 0 Å². The van der Waals surface area contributed by atoms with Gasteiger partial charge in [-0.05, 0) is 24.3 Å². The molecule has 100 valence electrons. The van der Waals surface area contributed by atoms with Gasteiger partial charge in [-0.2, -0.15) is 0 Å². The van der Waals surface area contributed by atoms with Gasteiger partial charge in [-0.3, -0.25) is 9.59 Å². The van der Waals surface area contributed by atoms with E-state index in [-0.39, 0.29) is 98.5 Å². The van der Waals surface area contributed by atoms with Crippen LogP contribution in [0.15, 0.2) is 36.4 Å². The van der Waals surface area contributed by atoms with Crippen LogP contribution >= 0.6 is 0 Å². The summed E-state index contributed by atoms with van der Waals surface area (Å²) in [4.78, 5) is 24.8. The standard InChI is InChI=1S/C14H8N2O4.2Na/c17-13-9-2-1-3-11(16-20)12(9)14(18)8-5-4-7(15-19)6-10(8)13;;/h1-6,15-16H;;/q-2;2*+1. The predicted octanol–water partition coefficient (Wildman–Crippen LogP) is -3.71. The van der Waals surface area contributed by atoms with Crippen molar-refractivity contribution in [2.24, 2.45) is 0 Å². The van der Waals surface area contributed by atoms with Crippen LogP contribution in [0.4, 0.5) is 11.4 Å². The van der Waals surface area contributed by atoms with Crippen molar-refractivity contribution in [1.29, 1.82) is 0 Å². The minimum Gasteiger partial charge on any atom is -0.761 e. The number of anilines is 2. The fraction of sp³-hybridized carbons (Fsp3) is 0. The van der Waals surface area contributed by atoms with Crippen LogP contribution in [0.25, 0.3) is 0 Å². The number of carbonyl (C=O) groups excluding carboxylic acids is 2. The molecule has 1 aliphatic carbocycles. The van der Waals surface area contributed by atoms with E-state index in [0.717, 1.165) is 0 Å². The fourth-order valence-corrected chi connectivity index (χ4v) is 2.34. The molecule has 0 spiro atoms. The molecule has 0 saturated carbocycles. The summed E-state index contributed by atoms with van der Waals surface area (Å²) in [6, 6.07) is 8.59. The summed E-state index contributed by atoms with van der Waals surface area (Å²) in [6.45, 7) is 0. The molecule has 0 radical (unpaired) electrons. The van der Waals surface area contributed by atoms with Gasteiger partial charge in [0.15, 0.2) is 11.6 Å². The zero-order valence-corrected chi connectivity index (χ0v) is 16.1. The van der Waals surface area contributed by atoms with Gasteiger partial charge in [0, 0.05) is 28.1 Å². The number of hydrogen-bond acceptors (Lipinski definition) is 6. The minimum absolute atomic E-state index is 0. The fourth-order valence-electron chi connectivity index (χ4n) is 2.34. The molecule has 1 aliphatic rings. The molecule has 6 nitrogen and oxygen atoms in total. The number of benzene rings is 2. The first-order chi connectivity index (χ1) is 9.67. The third kappa shape index (κ3) is 3.02. The molecule has 3 rings (SSSR count). The minimum atomic E-state index is -0.411. The molecule has 0 bridgehead atoms. The maximum atomic E-state index is 12.4. The van der Waals surface area contributed by atoms with Crippen LogP contribution in [0.1, 0.15) is 31.8 Å². The van der Waals surface area contributed by atoms with E-state index in [1.165, 1.54) is 36.4 Å². The second-order valence-corrected chi connectivity index (χ2v) is 4.35. The van der Waals surface area contributed by atoms with Crippen molar-refractivity contribution in [2.75, 3.05) is 11.0 Å². The second-order valence-electron chi connectivity index (χ2n) is 4.35. The van der Waals surface area contributed by atoms with Crippen molar-refractivity contribution in [3.05, 3.63) is 69.1 Å². The molecule has 0 unspecified atom stereocenters. The number of ketones is 2. The molecule has 0 fully saturated rings. The molecule has 22 heavy (non-hydrogen) atoms. The van der Waals surface area contributed by atoms with Crippen molar-refractivity contribution in [1.82, 2.24) is 0 Å². The van der Waals surface area contributed by atoms with E-state index in [0.29, 0.717) is 0 Å². The molecular formula is C14H8N2Na2O4. The molecule has 2 aromatic rings. The van der Waals surface area contributed by atoms with Crippen molar-refractivity contribution in [3.63, 3.8) is 0 Å². The zero-order valence-electron chi connectivity index (χ0n) is 12.1. The zero-order chi connectivity index (χ0) is 14.3. The molecule has 0 atom stereocenters. The van der Waals surface area contributed by atoms with Gasteiger partial charge in [-0.25, -0.2) is 0 Å². The van der Waals surface area contributed by atoms with Gasteiger partial charge in [-0.15, -0.1) is 0 Å². The van der Waals surface area contributed by atoms with Gasteiger partial charge in [-0.1, -0.05) is 12.1 Å². The summed E-state index contributed by atoms with van der Waals surface area (Å²) in [5.41, 5.74) is 4.20. The van der Waals surface area contributed by atoms with Crippen LogP contribution in [0, 0.1) is 10.4 Å². The molecule has 0 heterocycles. The largest absolute Gasteiger partial charge is 1.00 e. The van der Waals surface area contributed by atoms with Gasteiger partial charge in [0.05, 0.1) is 5.56 Å². The third-order valence-electron chi connectivity index (χ3n) is 3.27. The first kappa shape index (κ1) is 19.3. The Bertz CT molecular complexity index is 746. The summed E-state index contributed by atoms with van der Waals surface area (Å²) in [7, 11) is 0. The Morgan fingerprint density at radius 2 is 1.50 bits per heavy atom. The normalized spacial score (nSPS) is 11.5. The molecule has 0 aliphatic heterocycles. The number of nitrogens with one attached hydrogen (secondary N) is 2. The first-order valence-electron chi connectivity index (χ1n) is 5.80. The molecule has 8 heteroatoms. The van der Waals surface area contributed by atoms with E-state index < -0.39 is 5.78 Å². The predicted molar refractivity (Wildman–Crippen MR) is 73.7 cm³/mol. The maximum Gasteiger partial charge on any atom is 1.00 e. The Balaban J connectivity index is 0.00000121. The summed E-state index contributed by atoms with van der Waals surface area (Å²) in [5, 5.41) is 21.6. The van der Waals surface area contributed by atoms with Crippen LogP contribution in [0.5, 0.6) is 0 Å². The van der Waals surface area contributed by atoms with E-state index in [2.05, 4.69) is 0 Å². The Morgan fingerprint density at radius 1 is 0.773 bits per heavy atom. The van der Waals surface area contributed by atoms with Crippen molar-refractivity contribution >= 4 is 22.9 Å². The number of carbonyl (C=O) groups is 2. The number of fused-ring (bicyclic) bond motifs is 2. The van der Waals surface area contributed by atoms with Gasteiger partial charge in [0.2, 0.25) is 0 Å². The van der Waals surface area contributed by atoms with E-state index in [1.807, 2.05) is 0 Å². The van der Waals surface area contributed by atoms with Gasteiger partial charge >= 0.3 is 59.1 Å². The van der Waals surface area contributed by atoms with Crippen LogP contribution in [0.3, 0.4) is 0 Å². The Kier molecular flexibility index (Phi) is 6.79. The smallest absolute Gasteiger partial charge is 0.761 e. The molecule has 0 aromatic heterocycles. The van der Waals surface area contributed by atoms with Crippen LogP contribution in [-0.2, 0) is 0 Å². The second kappa shape index (κ2) is 7.72. The topological polar surface area (TPSA) is 104 Å². The van der Waals surface area contributed by atoms with E-state index in [4.69, 9.17) is 0 Å². The molecule has 2 N–H and O–H groups in total. The van der Waals surface area contributed by atoms with E-state index in [9.17, 15) is 20.0 Å². The monoisotopic (exact) mass is 314 g/mol. The molecular weight excluding hydrogens is 306 g/mol. The first-order valence-corrected chi connectivity index (χ1v) is 5.80. The Labute approximate surface area is 170 Å². The van der Waals surface area contributed by atoms with Crippen molar-refractivity contribution in [3.8, 4) is 0 Å². The number of hydrogen-bond donors (Lipinski definition) is 2. The summed E-state index contributed by atoms with van der Waals surface area (Å²) in [6.07, 6.45) is 0. The summed E-state index contributed by atoms with van der Waals surface area (Å²) in [5.74, 6) is -0.796. The maximum absolute atomic E-state index is 12.4. The molecule has 2 aromatic carbocycles. The molecule has 0 saturated heterocycles. The van der Waals surface area contributed by atoms with Crippen molar-refractivity contribution < 1.29 is 68.7 Å². The third-order valence-corrected chi connectivity index (χ3v) is 3.27. The molecule has 0 amide bonds. The van der Waals surface area contributed by atoms with Gasteiger partial charge < -0.3 is 21.4 Å². The van der Waals surface area contributed by atoms with Crippen LogP contribution in [-0.4, -0.2) is 11.6 Å². The summed E-state index contributed by atoms with van der Waals surface area (Å²) < 4.78 is 0. The van der Waals surface area contributed by atoms with Crippen molar-refractivity contribution in [2.45, 2.75) is 0 Å². The Morgan fingerprint density at radius 3 is 2.14 bits per heavy atom. The van der Waals surface area contributed by atoms with Crippen LogP contribution in [0.2, 0.25) is 0 Å². The van der Waals surface area contributed by atoms with Gasteiger partial charge in [0.1, 0.15) is 0 Å².